The van der Waals surface area contributed by atoms with Crippen LogP contribution in [0.1, 0.15) is 25.6 Å². The van der Waals surface area contributed by atoms with Crippen molar-refractivity contribution in [2.45, 2.75) is 26.2 Å². The van der Waals surface area contributed by atoms with Crippen LogP contribution < -0.4 is 0 Å². The van der Waals surface area contributed by atoms with E-state index in [-0.39, 0.29) is 25.4 Å². The largest absolute Gasteiger partial charge is 0.466 e. The minimum Gasteiger partial charge on any atom is -0.466 e. The summed E-state index contributed by atoms with van der Waals surface area (Å²) in [4.78, 5) is 27.2. The van der Waals surface area contributed by atoms with E-state index < -0.39 is 5.97 Å². The number of carbonyl (C=O) groups excluding carboxylic acids is 2. The van der Waals surface area contributed by atoms with Crippen LogP contribution in [-0.2, 0) is 32.5 Å². The second kappa shape index (κ2) is 8.43. The molecule has 0 bridgehead atoms. The number of nitrogens with zero attached hydrogens (tertiary/aromatic N) is 2. The average Bonchev–Trinajstić information content (AvgIpc) is 2.84. The zero-order chi connectivity index (χ0) is 16.7. The first-order valence-electron chi connectivity index (χ1n) is 7.77. The fourth-order valence-corrected chi connectivity index (χ4v) is 2.36. The van der Waals surface area contributed by atoms with Crippen molar-refractivity contribution in [2.75, 3.05) is 19.8 Å². The number of rotatable bonds is 9. The molecule has 0 aliphatic rings. The molecule has 6 nitrogen and oxygen atoms in total. The highest BCUT2D eigenvalue weighted by Gasteiger charge is 2.10. The number of imidazole rings is 1. The highest BCUT2D eigenvalue weighted by molar-refractivity contribution is 5.96. The van der Waals surface area contributed by atoms with Gasteiger partial charge < -0.3 is 14.0 Å². The molecule has 23 heavy (non-hydrogen) atoms. The van der Waals surface area contributed by atoms with Crippen molar-refractivity contribution < 1.29 is 19.1 Å². The second-order valence-electron chi connectivity index (χ2n) is 5.25. The third-order valence-corrected chi connectivity index (χ3v) is 3.48. The van der Waals surface area contributed by atoms with Gasteiger partial charge in [-0.3, -0.25) is 9.59 Å². The van der Waals surface area contributed by atoms with Crippen LogP contribution in [0.15, 0.2) is 24.3 Å². The van der Waals surface area contributed by atoms with E-state index in [1.54, 1.807) is 6.92 Å². The number of Topliss-reactive ketones (excluding diaryl/α,β-unsaturated/α-hetero) is 1. The highest BCUT2D eigenvalue weighted by atomic mass is 16.5. The number of para-hydroxylation sites is 2. The predicted molar refractivity (Wildman–Crippen MR) is 86.1 cm³/mol. The van der Waals surface area contributed by atoms with Crippen LogP contribution in [-0.4, -0.2) is 41.1 Å². The predicted octanol–water partition coefficient (Wildman–Crippen LogP) is 2.04. The molecule has 0 aliphatic heterocycles. The number of ketones is 1. The van der Waals surface area contributed by atoms with Crippen molar-refractivity contribution >= 4 is 22.8 Å². The summed E-state index contributed by atoms with van der Waals surface area (Å²) in [6.07, 6.45) is 1.32. The molecular formula is C17H22N2O4. The molecule has 0 amide bonds. The molecule has 124 valence electrons. The van der Waals surface area contributed by atoms with Gasteiger partial charge in [-0.1, -0.05) is 12.1 Å². The lowest BCUT2D eigenvalue weighted by atomic mass is 10.3. The molecule has 2 rings (SSSR count). The molecule has 1 heterocycles. The minimum absolute atomic E-state index is 0.0542. The lowest BCUT2D eigenvalue weighted by Gasteiger charge is -2.05. The van der Waals surface area contributed by atoms with E-state index in [4.69, 9.17) is 9.47 Å². The van der Waals surface area contributed by atoms with Crippen LogP contribution in [0.5, 0.6) is 0 Å². The summed E-state index contributed by atoms with van der Waals surface area (Å²) in [5.41, 5.74) is 2.09. The number of carbonyl (C=O) groups is 2. The fraction of sp³-hybridized carbons (Fsp3) is 0.471. The van der Waals surface area contributed by atoms with Crippen molar-refractivity contribution in [3.8, 4) is 0 Å². The van der Waals surface area contributed by atoms with E-state index in [1.165, 1.54) is 0 Å². The van der Waals surface area contributed by atoms with E-state index in [0.29, 0.717) is 6.61 Å². The fourth-order valence-electron chi connectivity index (χ4n) is 2.36. The molecular weight excluding hydrogens is 296 g/mol. The highest BCUT2D eigenvalue weighted by Crippen LogP contribution is 2.15. The Bertz CT molecular complexity index is 678. The summed E-state index contributed by atoms with van der Waals surface area (Å²) < 4.78 is 12.1. The lowest BCUT2D eigenvalue weighted by molar-refractivity contribution is -0.146. The van der Waals surface area contributed by atoms with Gasteiger partial charge in [0, 0.05) is 20.1 Å². The van der Waals surface area contributed by atoms with Gasteiger partial charge >= 0.3 is 5.97 Å². The number of fused-ring (bicyclic) bond motifs is 1. The Balaban J connectivity index is 1.70. The van der Waals surface area contributed by atoms with Crippen molar-refractivity contribution in [2.24, 2.45) is 7.05 Å². The maximum Gasteiger partial charge on any atom is 0.313 e. The zero-order valence-corrected chi connectivity index (χ0v) is 13.6. The normalized spacial score (nSPS) is 10.9. The molecule has 0 unspecified atom stereocenters. The van der Waals surface area contributed by atoms with Crippen LogP contribution >= 0.6 is 0 Å². The molecule has 0 saturated carbocycles. The van der Waals surface area contributed by atoms with Gasteiger partial charge in [0.05, 0.1) is 17.6 Å². The maximum absolute atomic E-state index is 11.5. The quantitative estimate of drug-likeness (QED) is 0.402. The van der Waals surface area contributed by atoms with Gasteiger partial charge in [-0.2, -0.15) is 0 Å². The van der Waals surface area contributed by atoms with Crippen LogP contribution in [0.3, 0.4) is 0 Å². The number of ether oxygens (including phenoxy) is 2. The Morgan fingerprint density at radius 3 is 2.78 bits per heavy atom. The first-order valence-corrected chi connectivity index (χ1v) is 7.77. The van der Waals surface area contributed by atoms with E-state index in [9.17, 15) is 9.59 Å². The topological polar surface area (TPSA) is 70.4 Å². The smallest absolute Gasteiger partial charge is 0.313 e. The average molecular weight is 318 g/mol. The maximum atomic E-state index is 11.5. The molecule has 0 radical (unpaired) electrons. The SMILES string of the molecule is CCOC(=O)CC(=O)COCCCc1nc2ccccc2n1C. The van der Waals surface area contributed by atoms with E-state index in [1.807, 2.05) is 31.3 Å². The first-order chi connectivity index (χ1) is 11.1. The van der Waals surface area contributed by atoms with Gasteiger partial charge in [0.2, 0.25) is 0 Å². The van der Waals surface area contributed by atoms with Crippen molar-refractivity contribution in [1.29, 1.82) is 0 Å². The van der Waals surface area contributed by atoms with E-state index in [2.05, 4.69) is 9.55 Å². The molecule has 1 aromatic heterocycles. The summed E-state index contributed by atoms with van der Waals surface area (Å²) in [5.74, 6) is 0.236. The molecule has 6 heteroatoms. The number of hydrogen-bond acceptors (Lipinski definition) is 5. The number of aryl methyl sites for hydroxylation is 2. The van der Waals surface area contributed by atoms with Gasteiger partial charge in [0.25, 0.3) is 0 Å². The van der Waals surface area contributed by atoms with Crippen LogP contribution in [0.4, 0.5) is 0 Å². The van der Waals surface area contributed by atoms with Crippen molar-refractivity contribution in [1.82, 2.24) is 9.55 Å². The van der Waals surface area contributed by atoms with Crippen molar-refractivity contribution in [3.05, 3.63) is 30.1 Å². The summed E-state index contributed by atoms with van der Waals surface area (Å²) >= 11 is 0. The molecule has 0 spiro atoms. The summed E-state index contributed by atoms with van der Waals surface area (Å²) in [7, 11) is 1.99. The minimum atomic E-state index is -0.499. The van der Waals surface area contributed by atoms with Gasteiger partial charge in [0.1, 0.15) is 18.9 Å². The van der Waals surface area contributed by atoms with Gasteiger partial charge in [-0.15, -0.1) is 0 Å². The molecule has 0 atom stereocenters. The van der Waals surface area contributed by atoms with Crippen molar-refractivity contribution in [3.63, 3.8) is 0 Å². The number of hydrogen-bond donors (Lipinski definition) is 0. The Hall–Kier alpha value is -2.21. The van der Waals surface area contributed by atoms with Gasteiger partial charge in [0.15, 0.2) is 5.78 Å². The second-order valence-corrected chi connectivity index (χ2v) is 5.25. The summed E-state index contributed by atoms with van der Waals surface area (Å²) in [6.45, 7) is 2.39. The van der Waals surface area contributed by atoms with E-state index in [0.717, 1.165) is 29.7 Å². The molecule has 1 aromatic carbocycles. The van der Waals surface area contributed by atoms with Crippen LogP contribution in [0, 0.1) is 0 Å². The zero-order valence-electron chi connectivity index (χ0n) is 13.6. The van der Waals surface area contributed by atoms with Gasteiger partial charge in [-0.25, -0.2) is 4.98 Å². The molecule has 0 fully saturated rings. The number of aromatic nitrogens is 2. The standard InChI is InChI=1S/C17H22N2O4/c1-3-23-17(21)11-13(20)12-22-10-6-9-16-18-14-7-4-5-8-15(14)19(16)2/h4-5,7-8H,3,6,9-12H2,1-2H3. The third kappa shape index (κ3) is 4.89. The number of esters is 1. The van der Waals surface area contributed by atoms with Gasteiger partial charge in [-0.05, 0) is 25.5 Å². The summed E-state index contributed by atoms with van der Waals surface area (Å²) in [6, 6.07) is 7.99. The third-order valence-electron chi connectivity index (χ3n) is 3.48. The Kier molecular flexibility index (Phi) is 6.29. The van der Waals surface area contributed by atoms with Crippen LogP contribution in [0.2, 0.25) is 0 Å². The molecule has 2 aromatic rings. The van der Waals surface area contributed by atoms with Crippen LogP contribution in [0.25, 0.3) is 11.0 Å². The lowest BCUT2D eigenvalue weighted by Crippen LogP contribution is -2.16. The monoisotopic (exact) mass is 318 g/mol. The Labute approximate surface area is 135 Å². The first kappa shape index (κ1) is 17.1. The Morgan fingerprint density at radius 1 is 1.26 bits per heavy atom. The molecule has 0 aliphatic carbocycles. The number of benzene rings is 1. The summed E-state index contributed by atoms with van der Waals surface area (Å²) in [5, 5.41) is 0. The molecule has 0 N–H and O–H groups in total. The Morgan fingerprint density at radius 2 is 2.04 bits per heavy atom. The molecule has 0 saturated heterocycles. The van der Waals surface area contributed by atoms with E-state index >= 15 is 0 Å².